The van der Waals surface area contributed by atoms with Crippen molar-refractivity contribution in [1.29, 1.82) is 0 Å². The van der Waals surface area contributed by atoms with E-state index in [0.717, 1.165) is 0 Å². The molecule has 0 nitrogen and oxygen atoms in total. The molecule has 0 aromatic carbocycles. The van der Waals surface area contributed by atoms with Gasteiger partial charge in [-0.15, -0.1) is 0 Å². The molecule has 0 spiro atoms. The first-order valence-corrected chi connectivity index (χ1v) is 566. The Hall–Kier alpha value is 65.0. The second-order valence-corrected chi connectivity index (χ2v) is 2120. The molecule has 0 bridgehead atoms. The Morgan fingerprint density at radius 1 is 0.101 bits per heavy atom. The van der Waals surface area contributed by atoms with Crippen molar-refractivity contribution in [2.24, 2.45) is 0 Å². The standard InChI is InChI=1S/I89/c1-46-48(4)50(6)52(8)54(10)56(12)58(14)60(16)62(18)64(20)66(22)68(24)70(26)72(28)74(30)76(32)78(34)80(36)82(38)84(40)86(42)88(44)89(45)87(43)85(41)83(39)81(37)79(35)77(33)75(31)73(29)71(27)69(25)67(23)65(21)63(19)61(17)59(15)57(13)55(11)53(9)51(7)49(5)47(2)3/q-1. The summed E-state index contributed by atoms with van der Waals surface area (Å²) in [5.41, 5.74) is 0. The Morgan fingerprint density at radius 3 is 0.236 bits per heavy atom. The van der Waals surface area contributed by atoms with E-state index in [2.05, 4.69) is 838 Å². The zero-order valence-corrected chi connectivity index (χ0v) is 226. The first-order chi connectivity index (χ1) is 40.5. The minimum atomic E-state index is -0.649. The molecule has 0 N–H and O–H groups in total. The Morgan fingerprint density at radius 2 is 0.169 bits per heavy atom. The predicted molar refractivity (Wildman–Crippen MR) is 1230 cm³/mol. The van der Waals surface area contributed by atoms with Gasteiger partial charge >= 0.3 is 1190 Å². The van der Waals surface area contributed by atoms with Gasteiger partial charge in [-0.1, -0.05) is 0 Å². The average Bonchev–Trinajstić information content (AvgIpc) is 3.47. The topological polar surface area (TPSA) is 0 Å². The second kappa shape index (κ2) is 92.9. The summed E-state index contributed by atoms with van der Waals surface area (Å²) < 4.78 is 0. The third-order valence-electron chi connectivity index (χ3n) is 3.47. The Kier molecular flexibility index (Phi) is 161. The van der Waals surface area contributed by atoms with Gasteiger partial charge in [0.1, 0.15) is 0 Å². The zero-order valence-electron chi connectivity index (χ0n) is 33.6. The van der Waals surface area contributed by atoms with Crippen molar-refractivity contribution in [3.63, 3.8) is 0 Å². The van der Waals surface area contributed by atoms with Crippen LogP contribution in [0.3, 0.4) is 0 Å². The van der Waals surface area contributed by atoms with Crippen LogP contribution in [0.5, 0.6) is 0 Å². The van der Waals surface area contributed by atoms with Gasteiger partial charge in [-0.05, 0) is 0 Å². The van der Waals surface area contributed by atoms with E-state index < -0.39 is 339 Å². The van der Waals surface area contributed by atoms with Crippen molar-refractivity contribution in [3.05, 3.63) is 0 Å². The van der Waals surface area contributed by atoms with E-state index in [0.29, 0.717) is 13.3 Å². The van der Waals surface area contributed by atoms with Crippen LogP contribution in [0.2, 0.25) is 0 Å². The van der Waals surface area contributed by atoms with Gasteiger partial charge in [0.05, 0.1) is 0 Å². The second-order valence-electron chi connectivity index (χ2n) is 7.02. The number of rotatable bonds is 43. The van der Waals surface area contributed by atoms with Crippen molar-refractivity contribution in [3.8, 4) is 0 Å². The molecule has 89 heteroatoms. The molecule has 624 valence electrons. The Bertz CT molecular complexity index is 1820. The van der Waals surface area contributed by atoms with Gasteiger partial charge in [0.15, 0.2) is 0 Å². The summed E-state index contributed by atoms with van der Waals surface area (Å²) in [4.78, 5) is 0. The normalized spacial score (nSPS) is 19.1. The summed E-state index contributed by atoms with van der Waals surface area (Å²) in [6, 6.07) is 0. The molecule has 0 aliphatic heterocycles. The first kappa shape index (κ1) is 154. The Balaban J connectivity index is 5.85. The van der Waals surface area contributed by atoms with Crippen LogP contribution in [-0.4, -0.2) is 0 Å². The summed E-state index contributed by atoms with van der Waals surface area (Å²) in [7, 11) is -25.7. The molecular formula is I89-. The van der Waals surface area contributed by atoms with Gasteiger partial charge in [-0.25, -0.2) is 0 Å². The summed E-state index contributed by atoms with van der Waals surface area (Å²) in [6.45, 7) is 0. The molecule has 0 rings (SSSR count). The zero-order chi connectivity index (χ0) is 70.5. The Labute approximate surface area is 1120 Å². The SMILES string of the molecule is I[I-]I(I)I(I)I(I)I(I)I(I)I(I)I(I)I(I)I(I)I(I)I(I)I(I)I(I)I(I)I(I)I(I)I(I)I(I)I(I)I(I)I(I)I(I)I(I)I(I)I(I)I(I)I(I)I(I)I(I)I(I)I(I)I(I)I(I)I(I)I(I)I(I)I(I)I(I)I(I)I(I)I(I)I(I)I(I)I. The van der Waals surface area contributed by atoms with Crippen molar-refractivity contribution in [1.82, 2.24) is 0 Å². The maximum atomic E-state index is 3.47. The van der Waals surface area contributed by atoms with E-state index in [1.54, 1.807) is 0 Å². The van der Waals surface area contributed by atoms with Crippen molar-refractivity contribution < 1.29 is 13.3 Å². The fourth-order valence-electron chi connectivity index (χ4n) is 1.28. The van der Waals surface area contributed by atoms with Crippen molar-refractivity contribution in [2.75, 3.05) is 0 Å². The van der Waals surface area contributed by atoms with E-state index in [-0.39, 0.29) is 0 Å². The van der Waals surface area contributed by atoms with Crippen LogP contribution in [-0.2, 0) is 0 Å². The summed E-state index contributed by atoms with van der Waals surface area (Å²) >= 11 is 153. The van der Waals surface area contributed by atoms with Gasteiger partial charge in [0.25, 0.3) is 0 Å². The van der Waals surface area contributed by atoms with Crippen LogP contribution in [0.15, 0.2) is 0 Å². The van der Waals surface area contributed by atoms with Gasteiger partial charge in [0, 0.05) is 0 Å². The van der Waals surface area contributed by atoms with E-state index in [1.807, 2.05) is 0 Å². The van der Waals surface area contributed by atoms with Gasteiger partial charge in [-0.2, -0.15) is 0 Å². The number of hydrogen-bond acceptors (Lipinski definition) is 0. The van der Waals surface area contributed by atoms with Gasteiger partial charge in [-0.3, -0.25) is 0 Å². The van der Waals surface area contributed by atoms with E-state index in [4.69, 9.17) is 0 Å². The fraction of sp³-hybridized carbons (Fsp3) is 0. The molecule has 0 saturated heterocycles. The average molecular weight is 11300 g/mol. The number of halogens is 89. The molecule has 0 aliphatic rings. The van der Waals surface area contributed by atoms with E-state index in [9.17, 15) is 0 Å². The third kappa shape index (κ3) is 63.1. The van der Waals surface area contributed by atoms with Crippen LogP contribution in [0.25, 0.3) is 0 Å². The van der Waals surface area contributed by atoms with Crippen molar-refractivity contribution >= 4 is 1180 Å². The van der Waals surface area contributed by atoms with E-state index in [1.165, 1.54) is 0 Å². The summed E-state index contributed by atoms with van der Waals surface area (Å²) in [5.74, 6) is 0. The van der Waals surface area contributed by atoms with Crippen LogP contribution in [0.4, 0.5) is 0 Å². The quantitative estimate of drug-likeness (QED) is 0.0534. The molecule has 0 aromatic heterocycles. The number of hydrogen-bond donors (Lipinski definition) is 0. The molecule has 0 heterocycles. The molecule has 0 radical (unpaired) electrons. The molecule has 0 saturated carbocycles. The molecule has 0 fully saturated rings. The minimum absolute atomic E-state index is 0.419. The van der Waals surface area contributed by atoms with Crippen LogP contribution >= 0.6 is 1180 Å². The van der Waals surface area contributed by atoms with Crippen LogP contribution in [0, 0.1) is 0 Å². The summed E-state index contributed by atoms with van der Waals surface area (Å²) in [5, 5.41) is 0. The van der Waals surface area contributed by atoms with E-state index >= 15 is 0 Å². The fourth-order valence-corrected chi connectivity index (χ4v) is 17400. The molecule has 0 aromatic rings. The van der Waals surface area contributed by atoms with Gasteiger partial charge in [0.2, 0.25) is 0 Å². The molecular weight excluding hydrogens is 11300 g/mol. The van der Waals surface area contributed by atoms with Crippen molar-refractivity contribution in [2.45, 2.75) is 0 Å². The summed E-state index contributed by atoms with van der Waals surface area (Å²) in [6.07, 6.45) is 0. The first-order valence-electron chi connectivity index (χ1n) is 12.6. The molecule has 0 amide bonds. The van der Waals surface area contributed by atoms with Crippen LogP contribution < -0.4 is 13.3 Å². The predicted octanol–water partition coefficient (Wildman–Crippen LogP) is 74.9. The van der Waals surface area contributed by atoms with Crippen LogP contribution in [0.1, 0.15) is 0 Å². The molecule has 0 unspecified atom stereocenters. The molecule has 0 aliphatic carbocycles. The maximum absolute atomic E-state index is 3.47. The molecule has 0 atom stereocenters. The third-order valence-corrected chi connectivity index (χ3v) is 7030. The van der Waals surface area contributed by atoms with Gasteiger partial charge < -0.3 is 0 Å². The molecule has 89 heavy (non-hydrogen) atoms. The monoisotopic (exact) mass is 11300 g/mol.